The van der Waals surface area contributed by atoms with Crippen LogP contribution in [0, 0.1) is 5.92 Å². The van der Waals surface area contributed by atoms with Crippen molar-refractivity contribution in [2.45, 2.75) is 52.1 Å². The molecule has 0 rings (SSSR count). The molecule has 0 aromatic heterocycles. The second-order valence-electron chi connectivity index (χ2n) is 4.50. The molecule has 0 saturated heterocycles. The molecule has 0 aliphatic carbocycles. The van der Waals surface area contributed by atoms with E-state index >= 15 is 0 Å². The summed E-state index contributed by atoms with van der Waals surface area (Å²) in [7, 11) is 1.76. The van der Waals surface area contributed by atoms with E-state index in [-0.39, 0.29) is 5.60 Å². The Morgan fingerprint density at radius 3 is 2.38 bits per heavy atom. The van der Waals surface area contributed by atoms with Gasteiger partial charge in [-0.15, -0.1) is 0 Å². The van der Waals surface area contributed by atoms with Gasteiger partial charge in [-0.25, -0.2) is 0 Å². The highest BCUT2D eigenvalue weighted by molar-refractivity contribution is 4.67. The lowest BCUT2D eigenvalue weighted by molar-refractivity contribution is 0.0131. The van der Waals surface area contributed by atoms with Crippen LogP contribution >= 0.6 is 0 Å². The summed E-state index contributed by atoms with van der Waals surface area (Å²) in [5.74, 6) is 0.450. The second-order valence-corrected chi connectivity index (χ2v) is 4.50. The number of methoxy groups -OCH3 is 1. The minimum Gasteiger partial charge on any atom is -0.396 e. The summed E-state index contributed by atoms with van der Waals surface area (Å²) in [5.41, 5.74) is 0.0163. The Balaban J connectivity index is 3.35. The summed E-state index contributed by atoms with van der Waals surface area (Å²) >= 11 is 0. The molecule has 2 heteroatoms. The Morgan fingerprint density at radius 2 is 1.92 bits per heavy atom. The third-order valence-corrected chi connectivity index (χ3v) is 2.59. The number of aliphatic hydroxyl groups excluding tert-OH is 1. The lowest BCUT2D eigenvalue weighted by Gasteiger charge is -2.22. The van der Waals surface area contributed by atoms with Gasteiger partial charge < -0.3 is 9.84 Å². The molecule has 0 saturated carbocycles. The molecule has 1 atom stereocenters. The molecule has 2 nitrogen and oxygen atoms in total. The normalized spacial score (nSPS) is 14.5. The molecule has 1 N–H and O–H groups in total. The molecule has 0 bridgehead atoms. The molecule has 0 aliphatic heterocycles. The first-order chi connectivity index (χ1) is 6.02. The standard InChI is InChI=1S/C11H24O2/c1-10(9-12)7-5-6-8-11(2,3)13-4/h10,12H,5-9H2,1-4H3. The van der Waals surface area contributed by atoms with Gasteiger partial charge in [-0.2, -0.15) is 0 Å². The number of hydrogen-bond acceptors (Lipinski definition) is 2. The molecule has 0 aromatic rings. The van der Waals surface area contributed by atoms with Crippen LogP contribution in [0.2, 0.25) is 0 Å². The monoisotopic (exact) mass is 188 g/mol. The number of rotatable bonds is 7. The Kier molecular flexibility index (Phi) is 6.35. The summed E-state index contributed by atoms with van der Waals surface area (Å²) in [4.78, 5) is 0. The highest BCUT2D eigenvalue weighted by Crippen LogP contribution is 2.18. The van der Waals surface area contributed by atoms with Crippen LogP contribution in [0.5, 0.6) is 0 Å². The third kappa shape index (κ3) is 7.03. The van der Waals surface area contributed by atoms with Crippen molar-refractivity contribution in [3.8, 4) is 0 Å². The quantitative estimate of drug-likeness (QED) is 0.622. The Hall–Kier alpha value is -0.0800. The van der Waals surface area contributed by atoms with Crippen LogP contribution in [0.1, 0.15) is 46.5 Å². The van der Waals surface area contributed by atoms with Gasteiger partial charge in [0.15, 0.2) is 0 Å². The van der Waals surface area contributed by atoms with Gasteiger partial charge in [0.05, 0.1) is 5.60 Å². The predicted octanol–water partition coefficient (Wildman–Crippen LogP) is 2.60. The van der Waals surface area contributed by atoms with Crippen LogP contribution < -0.4 is 0 Å². The zero-order valence-corrected chi connectivity index (χ0v) is 9.47. The van der Waals surface area contributed by atoms with Crippen LogP contribution in [0.15, 0.2) is 0 Å². The lowest BCUT2D eigenvalue weighted by Crippen LogP contribution is -2.21. The van der Waals surface area contributed by atoms with Gasteiger partial charge in [0, 0.05) is 13.7 Å². The molecule has 0 aliphatic rings. The van der Waals surface area contributed by atoms with Gasteiger partial charge in [-0.3, -0.25) is 0 Å². The van der Waals surface area contributed by atoms with Crippen molar-refractivity contribution in [1.29, 1.82) is 0 Å². The topological polar surface area (TPSA) is 29.5 Å². The van der Waals surface area contributed by atoms with E-state index in [9.17, 15) is 0 Å². The molecule has 0 aromatic carbocycles. The van der Waals surface area contributed by atoms with E-state index < -0.39 is 0 Å². The van der Waals surface area contributed by atoms with E-state index in [1.807, 2.05) is 0 Å². The maximum atomic E-state index is 8.82. The molecule has 0 amide bonds. The fourth-order valence-electron chi connectivity index (χ4n) is 1.24. The Bertz CT molecular complexity index is 121. The molecule has 0 radical (unpaired) electrons. The summed E-state index contributed by atoms with van der Waals surface area (Å²) < 4.78 is 5.32. The van der Waals surface area contributed by atoms with Crippen molar-refractivity contribution in [3.63, 3.8) is 0 Å². The first kappa shape index (κ1) is 12.9. The largest absolute Gasteiger partial charge is 0.396 e. The van der Waals surface area contributed by atoms with E-state index in [4.69, 9.17) is 9.84 Å². The lowest BCUT2D eigenvalue weighted by atomic mass is 9.97. The SMILES string of the molecule is COC(C)(C)CCCCC(C)CO. The van der Waals surface area contributed by atoms with Gasteiger partial charge in [0.2, 0.25) is 0 Å². The third-order valence-electron chi connectivity index (χ3n) is 2.59. The number of unbranched alkanes of at least 4 members (excludes halogenated alkanes) is 1. The molecule has 80 valence electrons. The smallest absolute Gasteiger partial charge is 0.0622 e. The zero-order chi connectivity index (χ0) is 10.3. The summed E-state index contributed by atoms with van der Waals surface area (Å²) in [6.45, 7) is 6.63. The number of ether oxygens (including phenoxy) is 1. The van der Waals surface area contributed by atoms with E-state index in [0.29, 0.717) is 12.5 Å². The molecular weight excluding hydrogens is 164 g/mol. The highest BCUT2D eigenvalue weighted by atomic mass is 16.5. The van der Waals surface area contributed by atoms with Crippen molar-refractivity contribution >= 4 is 0 Å². The second kappa shape index (κ2) is 6.39. The van der Waals surface area contributed by atoms with Gasteiger partial charge >= 0.3 is 0 Å². The molecule has 13 heavy (non-hydrogen) atoms. The van der Waals surface area contributed by atoms with Crippen LogP contribution in [-0.2, 0) is 4.74 Å². The van der Waals surface area contributed by atoms with E-state index in [1.165, 1.54) is 12.8 Å². The zero-order valence-electron chi connectivity index (χ0n) is 9.47. The Morgan fingerprint density at radius 1 is 1.31 bits per heavy atom. The maximum absolute atomic E-state index is 8.82. The van der Waals surface area contributed by atoms with Crippen molar-refractivity contribution in [1.82, 2.24) is 0 Å². The van der Waals surface area contributed by atoms with E-state index in [1.54, 1.807) is 7.11 Å². The van der Waals surface area contributed by atoms with Crippen molar-refractivity contribution in [2.24, 2.45) is 5.92 Å². The summed E-state index contributed by atoms with van der Waals surface area (Å²) in [6.07, 6.45) is 4.59. The van der Waals surface area contributed by atoms with Gasteiger partial charge in [-0.05, 0) is 32.6 Å². The van der Waals surface area contributed by atoms with Crippen LogP contribution in [-0.4, -0.2) is 24.4 Å². The highest BCUT2D eigenvalue weighted by Gasteiger charge is 2.15. The summed E-state index contributed by atoms with van der Waals surface area (Å²) in [5, 5.41) is 8.82. The first-order valence-electron chi connectivity index (χ1n) is 5.18. The van der Waals surface area contributed by atoms with Crippen LogP contribution in [0.3, 0.4) is 0 Å². The molecule has 0 fully saturated rings. The summed E-state index contributed by atoms with van der Waals surface area (Å²) in [6, 6.07) is 0. The van der Waals surface area contributed by atoms with Crippen molar-refractivity contribution < 1.29 is 9.84 Å². The molecular formula is C11H24O2. The van der Waals surface area contributed by atoms with Crippen LogP contribution in [0.25, 0.3) is 0 Å². The van der Waals surface area contributed by atoms with E-state index in [2.05, 4.69) is 20.8 Å². The average molecular weight is 188 g/mol. The first-order valence-corrected chi connectivity index (χ1v) is 5.18. The van der Waals surface area contributed by atoms with Gasteiger partial charge in [0.25, 0.3) is 0 Å². The van der Waals surface area contributed by atoms with E-state index in [0.717, 1.165) is 12.8 Å². The van der Waals surface area contributed by atoms with Gasteiger partial charge in [-0.1, -0.05) is 19.8 Å². The number of hydrogen-bond donors (Lipinski definition) is 1. The molecule has 0 spiro atoms. The fourth-order valence-corrected chi connectivity index (χ4v) is 1.24. The van der Waals surface area contributed by atoms with Crippen molar-refractivity contribution in [3.05, 3.63) is 0 Å². The minimum atomic E-state index is 0.0163. The predicted molar refractivity (Wildman–Crippen MR) is 55.8 cm³/mol. The fraction of sp³-hybridized carbons (Fsp3) is 1.00. The van der Waals surface area contributed by atoms with Gasteiger partial charge in [0.1, 0.15) is 0 Å². The minimum absolute atomic E-state index is 0.0163. The number of aliphatic hydroxyl groups is 1. The van der Waals surface area contributed by atoms with Crippen molar-refractivity contribution in [2.75, 3.05) is 13.7 Å². The molecule has 1 unspecified atom stereocenters. The van der Waals surface area contributed by atoms with Crippen LogP contribution in [0.4, 0.5) is 0 Å². The molecule has 0 heterocycles. The maximum Gasteiger partial charge on any atom is 0.0622 e. The average Bonchev–Trinajstić information content (AvgIpc) is 2.12. The Labute approximate surface area is 82.3 Å².